The van der Waals surface area contributed by atoms with Crippen LogP contribution < -0.4 is 9.64 Å². The van der Waals surface area contributed by atoms with Crippen LogP contribution in [0.4, 0.5) is 14.5 Å². The van der Waals surface area contributed by atoms with Crippen LogP contribution in [0.3, 0.4) is 0 Å². The van der Waals surface area contributed by atoms with E-state index in [-0.39, 0.29) is 18.5 Å². The van der Waals surface area contributed by atoms with Crippen molar-refractivity contribution in [3.05, 3.63) is 52.5 Å². The minimum atomic E-state index is -1.04. The Morgan fingerprint density at radius 3 is 2.86 bits per heavy atom. The van der Waals surface area contributed by atoms with E-state index in [1.54, 1.807) is 12.1 Å². The summed E-state index contributed by atoms with van der Waals surface area (Å²) in [4.78, 5) is 30.4. The number of thiazole rings is 1. The van der Waals surface area contributed by atoms with Gasteiger partial charge in [-0.25, -0.2) is 13.8 Å². The Morgan fingerprint density at radius 1 is 1.31 bits per heavy atom. The Kier molecular flexibility index (Phi) is 4.91. The van der Waals surface area contributed by atoms with Gasteiger partial charge in [-0.15, -0.1) is 11.3 Å². The van der Waals surface area contributed by atoms with Crippen molar-refractivity contribution in [1.82, 2.24) is 4.98 Å². The first-order chi connectivity index (χ1) is 13.9. The highest BCUT2D eigenvalue weighted by atomic mass is 32.1. The second-order valence-electron chi connectivity index (χ2n) is 6.62. The fraction of sp³-hybridized carbons (Fsp3) is 0.250. The van der Waals surface area contributed by atoms with Gasteiger partial charge in [0.1, 0.15) is 22.1 Å². The van der Waals surface area contributed by atoms with Crippen LogP contribution in [0.2, 0.25) is 0 Å². The molecular formula is C20H16F2N2O4S. The maximum atomic E-state index is 14.0. The molecule has 2 heterocycles. The third-order valence-electron chi connectivity index (χ3n) is 4.55. The normalized spacial score (nSPS) is 15.9. The number of carbonyl (C=O) groups excluding carboxylic acids is 2. The summed E-state index contributed by atoms with van der Waals surface area (Å²) in [5.74, 6) is -2.00. The Bertz CT molecular complexity index is 1130. The smallest absolute Gasteiger partial charge is 0.309 e. The minimum absolute atomic E-state index is 0.0384. The van der Waals surface area contributed by atoms with Gasteiger partial charge in [-0.3, -0.25) is 14.5 Å². The molecule has 150 valence electrons. The van der Waals surface area contributed by atoms with E-state index in [1.807, 2.05) is 13.0 Å². The topological polar surface area (TPSA) is 68.7 Å². The molecule has 4 rings (SSSR count). The summed E-state index contributed by atoms with van der Waals surface area (Å²) in [5.41, 5.74) is 1.50. The number of benzene rings is 2. The second kappa shape index (κ2) is 7.40. The van der Waals surface area contributed by atoms with Crippen molar-refractivity contribution in [2.24, 2.45) is 0 Å². The van der Waals surface area contributed by atoms with Gasteiger partial charge in [0.2, 0.25) is 0 Å². The number of aryl methyl sites for hydroxylation is 1. The lowest BCUT2D eigenvalue weighted by atomic mass is 10.1. The summed E-state index contributed by atoms with van der Waals surface area (Å²) in [7, 11) is 1.24. The van der Waals surface area contributed by atoms with Crippen LogP contribution in [-0.2, 0) is 20.9 Å². The molecule has 2 aromatic carbocycles. The molecule has 0 radical (unpaired) electrons. The number of fused-ring (bicyclic) bond motifs is 2. The lowest BCUT2D eigenvalue weighted by Crippen LogP contribution is -2.46. The van der Waals surface area contributed by atoms with Crippen LogP contribution in [0, 0.1) is 18.6 Å². The molecule has 0 N–H and O–H groups in total. The van der Waals surface area contributed by atoms with Crippen LogP contribution in [0.1, 0.15) is 17.0 Å². The molecule has 1 aliphatic rings. The number of hydrogen-bond donors (Lipinski definition) is 0. The Hall–Kier alpha value is -3.07. The highest BCUT2D eigenvalue weighted by molar-refractivity contribution is 7.18. The molecule has 9 heteroatoms. The highest BCUT2D eigenvalue weighted by Gasteiger charge is 2.36. The molecule has 0 saturated carbocycles. The van der Waals surface area contributed by atoms with E-state index < -0.39 is 29.6 Å². The fourth-order valence-corrected chi connectivity index (χ4v) is 4.16. The average Bonchev–Trinajstić information content (AvgIpc) is 3.08. The summed E-state index contributed by atoms with van der Waals surface area (Å²) >= 11 is 1.10. The van der Waals surface area contributed by atoms with E-state index in [0.29, 0.717) is 21.1 Å². The van der Waals surface area contributed by atoms with Crippen molar-refractivity contribution in [2.45, 2.75) is 26.0 Å². The number of esters is 1. The number of ether oxygens (including phenoxy) is 2. The maximum Gasteiger partial charge on any atom is 0.309 e. The van der Waals surface area contributed by atoms with Crippen molar-refractivity contribution in [3.8, 4) is 5.75 Å². The van der Waals surface area contributed by atoms with E-state index in [4.69, 9.17) is 4.74 Å². The summed E-state index contributed by atoms with van der Waals surface area (Å²) in [6.07, 6.45) is -1.28. The van der Waals surface area contributed by atoms with E-state index in [1.165, 1.54) is 18.1 Å². The summed E-state index contributed by atoms with van der Waals surface area (Å²) < 4.78 is 38.2. The minimum Gasteiger partial charge on any atom is -0.478 e. The largest absolute Gasteiger partial charge is 0.478 e. The third-order valence-corrected chi connectivity index (χ3v) is 5.53. The molecule has 6 nitrogen and oxygen atoms in total. The quantitative estimate of drug-likeness (QED) is 0.604. The first-order valence-corrected chi connectivity index (χ1v) is 9.57. The summed E-state index contributed by atoms with van der Waals surface area (Å²) in [5, 5.41) is 0.434. The molecule has 1 aliphatic heterocycles. The monoisotopic (exact) mass is 418 g/mol. The number of hydrogen-bond acceptors (Lipinski definition) is 6. The van der Waals surface area contributed by atoms with Gasteiger partial charge in [-0.05, 0) is 30.7 Å². The lowest BCUT2D eigenvalue weighted by molar-refractivity contribution is -0.145. The molecule has 1 amide bonds. The van der Waals surface area contributed by atoms with E-state index in [0.717, 1.165) is 23.0 Å². The van der Waals surface area contributed by atoms with Crippen molar-refractivity contribution < 1.29 is 27.8 Å². The second-order valence-corrected chi connectivity index (χ2v) is 7.74. The standard InChI is InChI=1S/C20H16F2N2O4S/c1-10-3-4-14-13(5-10)24(20(26)15(28-14)8-18(25)27-2)9-17-23-19-12(22)6-11(21)7-16(19)29-17/h3-7,15H,8-9H2,1-2H3. The number of methoxy groups -OCH3 is 1. The van der Waals surface area contributed by atoms with Crippen LogP contribution >= 0.6 is 11.3 Å². The number of anilines is 1. The Balaban J connectivity index is 1.72. The molecule has 0 fully saturated rings. The zero-order valence-corrected chi connectivity index (χ0v) is 16.4. The van der Waals surface area contributed by atoms with E-state index >= 15 is 0 Å². The van der Waals surface area contributed by atoms with Crippen LogP contribution in [0.25, 0.3) is 10.2 Å². The van der Waals surface area contributed by atoms with Crippen LogP contribution in [0.5, 0.6) is 5.75 Å². The summed E-state index contributed by atoms with van der Waals surface area (Å²) in [6, 6.07) is 7.32. The molecule has 0 spiro atoms. The maximum absolute atomic E-state index is 14.0. The molecule has 0 aliphatic carbocycles. The van der Waals surface area contributed by atoms with Gasteiger partial charge in [0.05, 0.1) is 30.5 Å². The molecule has 1 aromatic heterocycles. The molecule has 3 aromatic rings. The average molecular weight is 418 g/mol. The van der Waals surface area contributed by atoms with Crippen LogP contribution in [-0.4, -0.2) is 30.1 Å². The van der Waals surface area contributed by atoms with Gasteiger partial charge in [0.25, 0.3) is 5.91 Å². The Morgan fingerprint density at radius 2 is 2.10 bits per heavy atom. The van der Waals surface area contributed by atoms with Gasteiger partial charge < -0.3 is 9.47 Å². The number of aromatic nitrogens is 1. The zero-order valence-electron chi connectivity index (χ0n) is 15.6. The van der Waals surface area contributed by atoms with Gasteiger partial charge >= 0.3 is 5.97 Å². The molecular weight excluding hydrogens is 402 g/mol. The first kappa shape index (κ1) is 19.3. The molecule has 1 atom stereocenters. The predicted octanol–water partition coefficient (Wildman–Crippen LogP) is 3.74. The lowest BCUT2D eigenvalue weighted by Gasteiger charge is -2.33. The van der Waals surface area contributed by atoms with Crippen molar-refractivity contribution in [3.63, 3.8) is 0 Å². The van der Waals surface area contributed by atoms with Gasteiger partial charge in [-0.2, -0.15) is 0 Å². The number of carbonyl (C=O) groups is 2. The van der Waals surface area contributed by atoms with Gasteiger partial charge in [0.15, 0.2) is 11.9 Å². The SMILES string of the molecule is COC(=O)CC1Oc2ccc(C)cc2N(Cc2nc3c(F)cc(F)cc3s2)C1=O. The molecule has 29 heavy (non-hydrogen) atoms. The van der Waals surface area contributed by atoms with Crippen molar-refractivity contribution in [2.75, 3.05) is 12.0 Å². The van der Waals surface area contributed by atoms with Crippen molar-refractivity contribution >= 4 is 39.1 Å². The molecule has 0 saturated heterocycles. The molecule has 1 unspecified atom stereocenters. The zero-order chi connectivity index (χ0) is 20.7. The third kappa shape index (κ3) is 3.65. The Labute approximate surface area is 168 Å². The first-order valence-electron chi connectivity index (χ1n) is 8.75. The molecule has 0 bridgehead atoms. The van der Waals surface area contributed by atoms with E-state index in [9.17, 15) is 18.4 Å². The number of rotatable bonds is 4. The fourth-order valence-electron chi connectivity index (χ4n) is 3.17. The number of amides is 1. The van der Waals surface area contributed by atoms with Crippen molar-refractivity contribution in [1.29, 1.82) is 0 Å². The summed E-state index contributed by atoms with van der Waals surface area (Å²) in [6.45, 7) is 1.91. The van der Waals surface area contributed by atoms with Gasteiger partial charge in [-0.1, -0.05) is 6.07 Å². The van der Waals surface area contributed by atoms with Gasteiger partial charge in [0, 0.05) is 6.07 Å². The van der Waals surface area contributed by atoms with E-state index in [2.05, 4.69) is 9.72 Å². The number of halogens is 2. The number of nitrogens with zero attached hydrogens (tertiary/aromatic N) is 2. The van der Waals surface area contributed by atoms with Crippen LogP contribution in [0.15, 0.2) is 30.3 Å². The highest BCUT2D eigenvalue weighted by Crippen LogP contribution is 2.37. The predicted molar refractivity (Wildman–Crippen MR) is 103 cm³/mol.